The van der Waals surface area contributed by atoms with Crippen LogP contribution in [0.3, 0.4) is 0 Å². The predicted molar refractivity (Wildman–Crippen MR) is 76.4 cm³/mol. The highest BCUT2D eigenvalue weighted by atomic mass is 16.6. The Morgan fingerprint density at radius 3 is 2.70 bits per heavy atom. The van der Waals surface area contributed by atoms with Gasteiger partial charge in [0.2, 0.25) is 0 Å². The third-order valence-electron chi connectivity index (χ3n) is 3.83. The minimum atomic E-state index is -0.521. The number of nitrogen functional groups attached to an aromatic ring is 1. The van der Waals surface area contributed by atoms with Gasteiger partial charge in [-0.3, -0.25) is 14.9 Å². The van der Waals surface area contributed by atoms with Crippen molar-refractivity contribution in [1.82, 2.24) is 4.90 Å². The largest absolute Gasteiger partial charge is 0.398 e. The molecule has 6 heteroatoms. The second-order valence-corrected chi connectivity index (χ2v) is 5.36. The van der Waals surface area contributed by atoms with E-state index in [4.69, 9.17) is 5.73 Å². The van der Waals surface area contributed by atoms with E-state index in [0.29, 0.717) is 12.5 Å². The molecule has 0 atom stereocenters. The van der Waals surface area contributed by atoms with Crippen molar-refractivity contribution in [2.24, 2.45) is 5.92 Å². The van der Waals surface area contributed by atoms with Crippen LogP contribution in [-0.4, -0.2) is 29.3 Å². The lowest BCUT2D eigenvalue weighted by atomic mass is 10.1. The molecule has 1 saturated carbocycles. The van der Waals surface area contributed by atoms with Crippen molar-refractivity contribution in [1.29, 1.82) is 0 Å². The van der Waals surface area contributed by atoms with Crippen molar-refractivity contribution in [3.63, 3.8) is 0 Å². The number of benzene rings is 1. The molecule has 0 radical (unpaired) electrons. The van der Waals surface area contributed by atoms with Gasteiger partial charge in [0.25, 0.3) is 11.6 Å². The quantitative estimate of drug-likeness (QED) is 0.520. The SMILES string of the molecule is CN(CC1CCCC1)C(=O)c1cc([N+](=O)[O-])ccc1N. The summed E-state index contributed by atoms with van der Waals surface area (Å²) >= 11 is 0. The molecule has 1 aromatic rings. The highest BCUT2D eigenvalue weighted by Gasteiger charge is 2.22. The second-order valence-electron chi connectivity index (χ2n) is 5.36. The third-order valence-corrected chi connectivity index (χ3v) is 3.83. The van der Waals surface area contributed by atoms with E-state index in [1.807, 2.05) is 0 Å². The van der Waals surface area contributed by atoms with Gasteiger partial charge in [-0.05, 0) is 24.8 Å². The molecular formula is C14H19N3O3. The summed E-state index contributed by atoms with van der Waals surface area (Å²) in [6.07, 6.45) is 4.71. The average Bonchev–Trinajstić information content (AvgIpc) is 2.91. The number of hydrogen-bond acceptors (Lipinski definition) is 4. The minimum absolute atomic E-state index is 0.114. The summed E-state index contributed by atoms with van der Waals surface area (Å²) < 4.78 is 0. The van der Waals surface area contributed by atoms with E-state index in [-0.39, 0.29) is 22.8 Å². The Kier molecular flexibility index (Phi) is 4.22. The van der Waals surface area contributed by atoms with Crippen LogP contribution < -0.4 is 5.73 Å². The first-order chi connectivity index (χ1) is 9.49. The van der Waals surface area contributed by atoms with Crippen LogP contribution in [0.25, 0.3) is 0 Å². The molecule has 1 amide bonds. The molecule has 0 aliphatic heterocycles. The Morgan fingerprint density at radius 2 is 2.10 bits per heavy atom. The van der Waals surface area contributed by atoms with E-state index >= 15 is 0 Å². The maximum absolute atomic E-state index is 12.4. The highest BCUT2D eigenvalue weighted by Crippen LogP contribution is 2.26. The van der Waals surface area contributed by atoms with E-state index in [0.717, 1.165) is 12.8 Å². The first-order valence-corrected chi connectivity index (χ1v) is 6.78. The van der Waals surface area contributed by atoms with Gasteiger partial charge in [-0.25, -0.2) is 0 Å². The maximum atomic E-state index is 12.4. The zero-order chi connectivity index (χ0) is 14.7. The summed E-state index contributed by atoms with van der Waals surface area (Å²) in [4.78, 5) is 24.2. The predicted octanol–water partition coefficient (Wildman–Crippen LogP) is 2.44. The van der Waals surface area contributed by atoms with Crippen LogP contribution in [0.15, 0.2) is 18.2 Å². The van der Waals surface area contributed by atoms with Gasteiger partial charge in [0.1, 0.15) is 0 Å². The fourth-order valence-corrected chi connectivity index (χ4v) is 2.71. The number of hydrogen-bond donors (Lipinski definition) is 1. The molecule has 6 nitrogen and oxygen atoms in total. The lowest BCUT2D eigenvalue weighted by molar-refractivity contribution is -0.384. The van der Waals surface area contributed by atoms with Crippen molar-refractivity contribution in [2.45, 2.75) is 25.7 Å². The van der Waals surface area contributed by atoms with Crippen LogP contribution in [0, 0.1) is 16.0 Å². The Labute approximate surface area is 117 Å². The number of carbonyl (C=O) groups excluding carboxylic acids is 1. The van der Waals surface area contributed by atoms with E-state index in [1.54, 1.807) is 11.9 Å². The maximum Gasteiger partial charge on any atom is 0.270 e. The Morgan fingerprint density at radius 1 is 1.45 bits per heavy atom. The Bertz CT molecular complexity index is 524. The number of anilines is 1. The molecule has 20 heavy (non-hydrogen) atoms. The van der Waals surface area contributed by atoms with E-state index in [9.17, 15) is 14.9 Å². The summed E-state index contributed by atoms with van der Waals surface area (Å²) in [6, 6.07) is 3.97. The number of nitro groups is 1. The van der Waals surface area contributed by atoms with Gasteiger partial charge in [0, 0.05) is 31.4 Å². The van der Waals surface area contributed by atoms with Crippen molar-refractivity contribution in [3.05, 3.63) is 33.9 Å². The smallest absolute Gasteiger partial charge is 0.270 e. The number of nitrogens with two attached hydrogens (primary N) is 1. The van der Waals surface area contributed by atoms with Crippen LogP contribution in [-0.2, 0) is 0 Å². The summed E-state index contributed by atoms with van der Waals surface area (Å²) in [6.45, 7) is 0.682. The van der Waals surface area contributed by atoms with Crippen molar-refractivity contribution in [2.75, 3.05) is 19.3 Å². The molecule has 1 aromatic carbocycles. The van der Waals surface area contributed by atoms with E-state index in [1.165, 1.54) is 31.0 Å². The van der Waals surface area contributed by atoms with Crippen LogP contribution in [0.1, 0.15) is 36.0 Å². The molecule has 1 fully saturated rings. The first-order valence-electron chi connectivity index (χ1n) is 6.78. The van der Waals surface area contributed by atoms with Crippen molar-refractivity contribution in [3.8, 4) is 0 Å². The van der Waals surface area contributed by atoms with Gasteiger partial charge >= 0.3 is 0 Å². The third kappa shape index (κ3) is 3.07. The van der Waals surface area contributed by atoms with Crippen molar-refractivity contribution < 1.29 is 9.72 Å². The molecule has 0 aromatic heterocycles. The zero-order valence-electron chi connectivity index (χ0n) is 11.5. The lowest BCUT2D eigenvalue weighted by Crippen LogP contribution is -2.31. The normalized spacial score (nSPS) is 15.2. The average molecular weight is 277 g/mol. The highest BCUT2D eigenvalue weighted by molar-refractivity contribution is 5.99. The zero-order valence-corrected chi connectivity index (χ0v) is 11.5. The van der Waals surface area contributed by atoms with Gasteiger partial charge in [-0.15, -0.1) is 0 Å². The first kappa shape index (κ1) is 14.3. The number of nitrogens with zero attached hydrogens (tertiary/aromatic N) is 2. The lowest BCUT2D eigenvalue weighted by Gasteiger charge is -2.21. The number of rotatable bonds is 4. The second kappa shape index (κ2) is 5.90. The number of amides is 1. The summed E-state index contributed by atoms with van der Waals surface area (Å²) in [5.74, 6) is 0.280. The molecule has 1 aliphatic carbocycles. The minimum Gasteiger partial charge on any atom is -0.398 e. The van der Waals surface area contributed by atoms with Crippen LogP contribution in [0.2, 0.25) is 0 Å². The van der Waals surface area contributed by atoms with Gasteiger partial charge < -0.3 is 10.6 Å². The Balaban J connectivity index is 2.14. The molecule has 0 bridgehead atoms. The van der Waals surface area contributed by atoms with Gasteiger partial charge in [0.05, 0.1) is 10.5 Å². The number of non-ortho nitro benzene ring substituents is 1. The molecule has 2 rings (SSSR count). The van der Waals surface area contributed by atoms with Crippen molar-refractivity contribution >= 4 is 17.3 Å². The van der Waals surface area contributed by atoms with Crippen LogP contribution in [0.4, 0.5) is 11.4 Å². The van der Waals surface area contributed by atoms with Gasteiger partial charge in [-0.1, -0.05) is 12.8 Å². The fraction of sp³-hybridized carbons (Fsp3) is 0.500. The van der Waals surface area contributed by atoms with Crippen LogP contribution >= 0.6 is 0 Å². The molecule has 0 spiro atoms. The number of nitro benzene ring substituents is 1. The fourth-order valence-electron chi connectivity index (χ4n) is 2.71. The van der Waals surface area contributed by atoms with Gasteiger partial charge in [0.15, 0.2) is 0 Å². The molecule has 0 saturated heterocycles. The summed E-state index contributed by atoms with van der Waals surface area (Å²) in [7, 11) is 1.72. The van der Waals surface area contributed by atoms with Gasteiger partial charge in [-0.2, -0.15) is 0 Å². The molecule has 0 heterocycles. The number of carbonyl (C=O) groups is 1. The monoisotopic (exact) mass is 277 g/mol. The molecular weight excluding hydrogens is 258 g/mol. The van der Waals surface area contributed by atoms with Crippen LogP contribution in [0.5, 0.6) is 0 Å². The Hall–Kier alpha value is -2.11. The molecule has 1 aliphatic rings. The summed E-state index contributed by atoms with van der Waals surface area (Å²) in [5.41, 5.74) is 6.14. The molecule has 108 valence electrons. The van der Waals surface area contributed by atoms with E-state index in [2.05, 4.69) is 0 Å². The molecule has 0 unspecified atom stereocenters. The van der Waals surface area contributed by atoms with E-state index < -0.39 is 4.92 Å². The standard InChI is InChI=1S/C14H19N3O3/c1-16(9-10-4-2-3-5-10)14(18)12-8-11(17(19)20)6-7-13(12)15/h6-8,10H,2-5,9,15H2,1H3. The molecule has 2 N–H and O–H groups in total. The summed E-state index contributed by atoms with van der Waals surface area (Å²) in [5, 5.41) is 10.8. The topological polar surface area (TPSA) is 89.5 Å².